The zero-order valence-electron chi connectivity index (χ0n) is 28.3. The third kappa shape index (κ3) is 7.90. The molecular weight excluding hydrogens is 663 g/mol. The molecule has 0 N–H and O–H groups in total. The van der Waals surface area contributed by atoms with Crippen LogP contribution in [0, 0.1) is 12.7 Å². The summed E-state index contributed by atoms with van der Waals surface area (Å²) in [5.74, 6) is -1.19. The highest BCUT2D eigenvalue weighted by Crippen LogP contribution is 2.49. The highest BCUT2D eigenvalue weighted by atomic mass is 19.4. The van der Waals surface area contributed by atoms with E-state index in [-0.39, 0.29) is 37.4 Å². The van der Waals surface area contributed by atoms with Crippen LogP contribution in [0.1, 0.15) is 93.3 Å². The molecule has 15 heteroatoms. The zero-order valence-corrected chi connectivity index (χ0v) is 28.3. The van der Waals surface area contributed by atoms with E-state index in [2.05, 4.69) is 0 Å². The SMILES string of the molecule is COC(=O)[C@@H]1CC[C@@]2(CCN(C(=O)N(C)[C@H](C)c3cc(C(F)(F)F)cc(C(F)(F)F)c3)[C@@H](c3ccc(F)cc3C)C2)N1C(=O)OC(C)(C)C. The number of esters is 1. The first-order valence-electron chi connectivity index (χ1n) is 15.7. The van der Waals surface area contributed by atoms with E-state index in [0.29, 0.717) is 29.7 Å². The number of amides is 3. The van der Waals surface area contributed by atoms with Gasteiger partial charge in [-0.1, -0.05) is 6.07 Å². The summed E-state index contributed by atoms with van der Waals surface area (Å²) >= 11 is 0. The lowest BCUT2D eigenvalue weighted by molar-refractivity contribution is -0.148. The van der Waals surface area contributed by atoms with Crippen molar-refractivity contribution in [3.8, 4) is 0 Å². The first-order chi connectivity index (χ1) is 22.5. The highest BCUT2D eigenvalue weighted by Gasteiger charge is 2.57. The largest absolute Gasteiger partial charge is 0.467 e. The molecule has 2 aromatic carbocycles. The Morgan fingerprint density at radius 3 is 2.06 bits per heavy atom. The molecule has 2 aromatic rings. The van der Waals surface area contributed by atoms with E-state index in [1.54, 1.807) is 27.7 Å². The van der Waals surface area contributed by atoms with Crippen molar-refractivity contribution < 1.29 is 54.6 Å². The van der Waals surface area contributed by atoms with Crippen molar-refractivity contribution in [1.29, 1.82) is 0 Å². The molecule has 49 heavy (non-hydrogen) atoms. The first kappa shape index (κ1) is 37.8. The lowest BCUT2D eigenvalue weighted by Crippen LogP contribution is -2.60. The van der Waals surface area contributed by atoms with E-state index in [9.17, 15) is 45.1 Å². The number of ether oxygens (including phenoxy) is 2. The van der Waals surface area contributed by atoms with Gasteiger partial charge in [0.25, 0.3) is 0 Å². The molecule has 0 bridgehead atoms. The summed E-state index contributed by atoms with van der Waals surface area (Å²) in [6.07, 6.45) is -10.1. The van der Waals surface area contributed by atoms with Crippen LogP contribution in [0.3, 0.4) is 0 Å². The molecule has 2 heterocycles. The molecule has 2 aliphatic heterocycles. The number of urea groups is 1. The van der Waals surface area contributed by atoms with E-state index in [4.69, 9.17) is 9.47 Å². The average Bonchev–Trinajstić information content (AvgIpc) is 3.36. The molecule has 1 spiro atoms. The number of hydrogen-bond donors (Lipinski definition) is 0. The van der Waals surface area contributed by atoms with Gasteiger partial charge in [-0.25, -0.2) is 18.8 Å². The van der Waals surface area contributed by atoms with Gasteiger partial charge >= 0.3 is 30.4 Å². The smallest absolute Gasteiger partial charge is 0.416 e. The molecule has 0 radical (unpaired) electrons. The van der Waals surface area contributed by atoms with Crippen molar-refractivity contribution in [2.75, 3.05) is 20.7 Å². The van der Waals surface area contributed by atoms with Crippen LogP contribution in [0.2, 0.25) is 0 Å². The molecule has 2 aliphatic rings. The minimum atomic E-state index is -5.08. The van der Waals surface area contributed by atoms with Crippen LogP contribution in [0.4, 0.5) is 40.3 Å². The summed E-state index contributed by atoms with van der Waals surface area (Å²) < 4.78 is 107. The van der Waals surface area contributed by atoms with Gasteiger partial charge in [-0.15, -0.1) is 0 Å². The number of benzene rings is 2. The van der Waals surface area contributed by atoms with Gasteiger partial charge in [-0.3, -0.25) is 4.90 Å². The Morgan fingerprint density at radius 1 is 0.959 bits per heavy atom. The van der Waals surface area contributed by atoms with Crippen LogP contribution in [0.15, 0.2) is 36.4 Å². The Balaban J connectivity index is 1.76. The zero-order chi connectivity index (χ0) is 36.9. The van der Waals surface area contributed by atoms with Crippen LogP contribution in [-0.2, 0) is 26.6 Å². The van der Waals surface area contributed by atoms with Crippen molar-refractivity contribution in [1.82, 2.24) is 14.7 Å². The van der Waals surface area contributed by atoms with Gasteiger partial charge in [0, 0.05) is 13.6 Å². The molecule has 0 unspecified atom stereocenters. The second kappa shape index (κ2) is 13.3. The number of rotatable bonds is 4. The lowest BCUT2D eigenvalue weighted by atomic mass is 9.78. The summed E-state index contributed by atoms with van der Waals surface area (Å²) in [5, 5.41) is 0. The number of nitrogens with zero attached hydrogens (tertiary/aromatic N) is 3. The van der Waals surface area contributed by atoms with Crippen molar-refractivity contribution in [3.05, 3.63) is 70.0 Å². The van der Waals surface area contributed by atoms with Gasteiger partial charge < -0.3 is 19.3 Å². The molecule has 4 rings (SSSR count). The number of aryl methyl sites for hydroxylation is 1. The van der Waals surface area contributed by atoms with E-state index >= 15 is 0 Å². The third-order valence-electron chi connectivity index (χ3n) is 9.35. The van der Waals surface area contributed by atoms with E-state index in [0.717, 1.165) is 4.90 Å². The molecule has 0 saturated carbocycles. The third-order valence-corrected chi connectivity index (χ3v) is 9.35. The Morgan fingerprint density at radius 2 is 1.55 bits per heavy atom. The van der Waals surface area contributed by atoms with Gasteiger partial charge in [0.2, 0.25) is 0 Å². The summed E-state index contributed by atoms with van der Waals surface area (Å²) in [5.41, 5.74) is -4.35. The van der Waals surface area contributed by atoms with Gasteiger partial charge in [-0.05, 0) is 107 Å². The molecule has 3 amide bonds. The molecule has 0 aliphatic carbocycles. The van der Waals surface area contributed by atoms with E-state index in [1.165, 1.54) is 49.1 Å². The van der Waals surface area contributed by atoms with Crippen molar-refractivity contribution in [2.24, 2.45) is 0 Å². The van der Waals surface area contributed by atoms with Gasteiger partial charge in [0.15, 0.2) is 0 Å². The predicted octanol–water partition coefficient (Wildman–Crippen LogP) is 8.43. The quantitative estimate of drug-likeness (QED) is 0.236. The first-order valence-corrected chi connectivity index (χ1v) is 15.7. The number of hydrogen-bond acceptors (Lipinski definition) is 5. The molecule has 0 aromatic heterocycles. The van der Waals surface area contributed by atoms with Crippen molar-refractivity contribution in [3.63, 3.8) is 0 Å². The summed E-state index contributed by atoms with van der Waals surface area (Å²) in [6.45, 7) is 7.94. The predicted molar refractivity (Wildman–Crippen MR) is 164 cm³/mol. The Bertz CT molecular complexity index is 1560. The summed E-state index contributed by atoms with van der Waals surface area (Å²) in [7, 11) is 2.47. The number of likely N-dealkylation sites (tertiary alicyclic amines) is 2. The van der Waals surface area contributed by atoms with Crippen LogP contribution in [-0.4, -0.2) is 70.7 Å². The van der Waals surface area contributed by atoms with Crippen molar-refractivity contribution in [2.45, 2.75) is 102 Å². The molecule has 270 valence electrons. The highest BCUT2D eigenvalue weighted by molar-refractivity contribution is 5.83. The molecule has 2 saturated heterocycles. The Hall–Kier alpha value is -4.04. The minimum absolute atomic E-state index is 0.0229. The normalized spacial score (nSPS) is 22.2. The number of alkyl halides is 6. The number of carbonyl (C=O) groups excluding carboxylic acids is 3. The standard InChI is InChI=1S/C34H40F7N3O5/c1-19-14-24(35)8-9-25(19)27-18-32(11-10-26(28(45)48-7)44(32)30(47)49-31(3,4)5)12-13-43(27)29(46)42(6)20(2)21-15-22(33(36,37)38)17-23(16-21)34(39,40)41/h8-9,14-17,20,26-27H,10-13,18H2,1-7H3/t20-,26+,27-,32+/m1/s1. The van der Waals surface area contributed by atoms with Gasteiger partial charge in [0.1, 0.15) is 17.5 Å². The van der Waals surface area contributed by atoms with Gasteiger partial charge in [-0.2, -0.15) is 26.3 Å². The van der Waals surface area contributed by atoms with E-state index < -0.39 is 76.7 Å². The maximum absolute atomic E-state index is 14.3. The fourth-order valence-electron chi connectivity index (χ4n) is 6.81. The number of methoxy groups -OCH3 is 1. The molecule has 2 fully saturated rings. The van der Waals surface area contributed by atoms with Crippen LogP contribution < -0.4 is 0 Å². The fourth-order valence-corrected chi connectivity index (χ4v) is 6.81. The second-order valence-electron chi connectivity index (χ2n) is 13.7. The second-order valence-corrected chi connectivity index (χ2v) is 13.7. The Kier molecular flexibility index (Phi) is 10.3. The van der Waals surface area contributed by atoms with Crippen LogP contribution >= 0.6 is 0 Å². The molecule has 4 atom stereocenters. The maximum Gasteiger partial charge on any atom is 0.416 e. The summed E-state index contributed by atoms with van der Waals surface area (Å²) in [6, 6.07) is 1.38. The molecular formula is C34H40F7N3O5. The topological polar surface area (TPSA) is 79.4 Å². The van der Waals surface area contributed by atoms with Crippen LogP contribution in [0.5, 0.6) is 0 Å². The number of halogens is 7. The number of piperidine rings is 1. The minimum Gasteiger partial charge on any atom is -0.467 e. The van der Waals surface area contributed by atoms with Gasteiger partial charge in [0.05, 0.1) is 35.9 Å². The van der Waals surface area contributed by atoms with E-state index in [1.807, 2.05) is 0 Å². The monoisotopic (exact) mass is 703 g/mol. The Labute approximate surface area is 280 Å². The van der Waals surface area contributed by atoms with Crippen molar-refractivity contribution >= 4 is 18.1 Å². The summed E-state index contributed by atoms with van der Waals surface area (Å²) in [4.78, 5) is 44.6. The average molecular weight is 704 g/mol. The number of carbonyl (C=O) groups is 3. The maximum atomic E-state index is 14.3. The van der Waals surface area contributed by atoms with Crippen LogP contribution in [0.25, 0.3) is 0 Å². The fraction of sp³-hybridized carbons (Fsp3) is 0.559. The molecule has 8 nitrogen and oxygen atoms in total. The lowest BCUT2D eigenvalue weighted by Gasteiger charge is -2.50.